The third-order valence-corrected chi connectivity index (χ3v) is 6.38. The summed E-state index contributed by atoms with van der Waals surface area (Å²) in [5.41, 5.74) is 4.13. The van der Waals surface area contributed by atoms with Gasteiger partial charge in [-0.05, 0) is 49.7 Å². The smallest absolute Gasteiger partial charge is 0.230 e. The fraction of sp³-hybridized carbons (Fsp3) is 0.333. The van der Waals surface area contributed by atoms with Crippen LogP contribution in [0.3, 0.4) is 0 Å². The topological polar surface area (TPSA) is 39.7 Å². The van der Waals surface area contributed by atoms with Gasteiger partial charge in [0.25, 0.3) is 0 Å². The molecule has 0 saturated carbocycles. The SMILES string of the molecule is CC(=O)N(c1ccc(F)cc1)c1nc(CN2CCCN(c3ccc(C)cc3)CC2)cs1. The Bertz CT molecular complexity index is 1020. The number of anilines is 3. The Kier molecular flexibility index (Phi) is 6.63. The van der Waals surface area contributed by atoms with Crippen LogP contribution in [0.15, 0.2) is 53.9 Å². The molecular formula is C24H27FN4OS. The molecule has 0 atom stereocenters. The van der Waals surface area contributed by atoms with Crippen molar-refractivity contribution in [3.05, 3.63) is 71.0 Å². The fourth-order valence-electron chi connectivity index (χ4n) is 3.86. The Morgan fingerprint density at radius 1 is 1.06 bits per heavy atom. The molecule has 2 aromatic carbocycles. The largest absolute Gasteiger partial charge is 0.370 e. The molecule has 0 bridgehead atoms. The van der Waals surface area contributed by atoms with Crippen LogP contribution in [0.4, 0.5) is 20.9 Å². The van der Waals surface area contributed by atoms with Crippen molar-refractivity contribution in [2.45, 2.75) is 26.8 Å². The minimum Gasteiger partial charge on any atom is -0.370 e. The number of carbonyl (C=O) groups is 1. The van der Waals surface area contributed by atoms with Crippen LogP contribution >= 0.6 is 11.3 Å². The van der Waals surface area contributed by atoms with Crippen LogP contribution in [0.1, 0.15) is 24.6 Å². The van der Waals surface area contributed by atoms with E-state index in [2.05, 4.69) is 41.0 Å². The molecule has 5 nitrogen and oxygen atoms in total. The van der Waals surface area contributed by atoms with E-state index in [1.54, 1.807) is 12.1 Å². The van der Waals surface area contributed by atoms with E-state index >= 15 is 0 Å². The number of carbonyl (C=O) groups excluding carboxylic acids is 1. The highest BCUT2D eigenvalue weighted by atomic mass is 32.1. The summed E-state index contributed by atoms with van der Waals surface area (Å²) in [5.74, 6) is -0.469. The highest BCUT2D eigenvalue weighted by Crippen LogP contribution is 2.29. The maximum atomic E-state index is 13.3. The number of halogens is 1. The number of nitrogens with zero attached hydrogens (tertiary/aromatic N) is 4. The zero-order valence-electron chi connectivity index (χ0n) is 17.9. The number of benzene rings is 2. The number of aromatic nitrogens is 1. The lowest BCUT2D eigenvalue weighted by Gasteiger charge is -2.23. The van der Waals surface area contributed by atoms with Crippen molar-refractivity contribution in [2.75, 3.05) is 36.0 Å². The third-order valence-electron chi connectivity index (χ3n) is 5.50. The Balaban J connectivity index is 1.41. The van der Waals surface area contributed by atoms with Gasteiger partial charge in [-0.25, -0.2) is 9.37 Å². The van der Waals surface area contributed by atoms with Gasteiger partial charge in [0.15, 0.2) is 5.13 Å². The van der Waals surface area contributed by atoms with Crippen molar-refractivity contribution >= 4 is 33.8 Å². The highest BCUT2D eigenvalue weighted by Gasteiger charge is 2.20. The van der Waals surface area contributed by atoms with Crippen LogP contribution in [0.5, 0.6) is 0 Å². The van der Waals surface area contributed by atoms with Gasteiger partial charge in [0.2, 0.25) is 5.91 Å². The highest BCUT2D eigenvalue weighted by molar-refractivity contribution is 7.14. The van der Waals surface area contributed by atoms with Crippen LogP contribution in [0.25, 0.3) is 0 Å². The van der Waals surface area contributed by atoms with Gasteiger partial charge in [-0.3, -0.25) is 14.6 Å². The number of aryl methyl sites for hydroxylation is 1. The van der Waals surface area contributed by atoms with E-state index in [1.807, 2.05) is 5.38 Å². The summed E-state index contributed by atoms with van der Waals surface area (Å²) in [4.78, 5) is 23.4. The van der Waals surface area contributed by atoms with Crippen molar-refractivity contribution in [3.8, 4) is 0 Å². The van der Waals surface area contributed by atoms with E-state index in [-0.39, 0.29) is 11.7 Å². The van der Waals surface area contributed by atoms with E-state index in [1.165, 1.54) is 46.5 Å². The van der Waals surface area contributed by atoms with Gasteiger partial charge in [0.1, 0.15) is 5.82 Å². The van der Waals surface area contributed by atoms with Crippen LogP contribution in [0, 0.1) is 12.7 Å². The summed E-state index contributed by atoms with van der Waals surface area (Å²) in [6.45, 7) is 8.38. The number of rotatable bonds is 5. The monoisotopic (exact) mass is 438 g/mol. The van der Waals surface area contributed by atoms with Gasteiger partial charge in [0, 0.05) is 50.7 Å². The minimum atomic E-state index is -0.326. The maximum Gasteiger partial charge on any atom is 0.230 e. The summed E-state index contributed by atoms with van der Waals surface area (Å²) in [5, 5.41) is 2.63. The lowest BCUT2D eigenvalue weighted by Crippen LogP contribution is -2.30. The molecule has 0 radical (unpaired) electrons. The quantitative estimate of drug-likeness (QED) is 0.563. The minimum absolute atomic E-state index is 0.143. The molecule has 1 fully saturated rings. The first-order valence-corrected chi connectivity index (χ1v) is 11.4. The summed E-state index contributed by atoms with van der Waals surface area (Å²) >= 11 is 1.44. The fourth-order valence-corrected chi connectivity index (χ4v) is 4.74. The van der Waals surface area contributed by atoms with Crippen molar-refractivity contribution in [1.29, 1.82) is 0 Å². The third kappa shape index (κ3) is 5.29. The second-order valence-electron chi connectivity index (χ2n) is 7.90. The summed E-state index contributed by atoms with van der Waals surface area (Å²) in [6.07, 6.45) is 1.10. The van der Waals surface area contributed by atoms with Crippen molar-refractivity contribution < 1.29 is 9.18 Å². The van der Waals surface area contributed by atoms with E-state index in [4.69, 9.17) is 4.98 Å². The van der Waals surface area contributed by atoms with Crippen molar-refractivity contribution in [1.82, 2.24) is 9.88 Å². The molecule has 3 aromatic rings. The van der Waals surface area contributed by atoms with Gasteiger partial charge in [-0.15, -0.1) is 11.3 Å². The molecule has 0 spiro atoms. The van der Waals surface area contributed by atoms with E-state index in [0.29, 0.717) is 10.8 Å². The van der Waals surface area contributed by atoms with Crippen LogP contribution in [0.2, 0.25) is 0 Å². The number of amides is 1. The van der Waals surface area contributed by atoms with Gasteiger partial charge in [0.05, 0.1) is 11.4 Å². The Morgan fingerprint density at radius 3 is 2.52 bits per heavy atom. The normalized spacial score (nSPS) is 15.0. The van der Waals surface area contributed by atoms with Crippen molar-refractivity contribution in [3.63, 3.8) is 0 Å². The molecule has 1 aliphatic rings. The molecule has 0 unspecified atom stereocenters. The van der Waals surface area contributed by atoms with Crippen molar-refractivity contribution in [2.24, 2.45) is 0 Å². The molecule has 162 valence electrons. The molecular weight excluding hydrogens is 411 g/mol. The van der Waals surface area contributed by atoms with E-state index < -0.39 is 0 Å². The van der Waals surface area contributed by atoms with Crippen LogP contribution in [-0.4, -0.2) is 42.0 Å². The van der Waals surface area contributed by atoms with Crippen LogP contribution in [-0.2, 0) is 11.3 Å². The lowest BCUT2D eigenvalue weighted by molar-refractivity contribution is -0.115. The molecule has 1 saturated heterocycles. The molecule has 1 aliphatic heterocycles. The molecule has 1 aromatic heterocycles. The molecule has 7 heteroatoms. The molecule has 0 N–H and O–H groups in total. The van der Waals surface area contributed by atoms with Gasteiger partial charge < -0.3 is 4.90 Å². The molecule has 4 rings (SSSR count). The number of thiazole rings is 1. The zero-order chi connectivity index (χ0) is 21.8. The average Bonchev–Trinajstić information content (AvgIpc) is 3.07. The second kappa shape index (κ2) is 9.58. The standard InChI is InChI=1S/C24H27FN4OS/c1-18-4-8-22(9-5-18)28-13-3-12-27(14-15-28)16-21-17-31-24(26-21)29(19(2)30)23-10-6-20(25)7-11-23/h4-11,17H,3,12-16H2,1-2H3. The van der Waals surface area contributed by atoms with Gasteiger partial charge >= 0.3 is 0 Å². The molecule has 2 heterocycles. The zero-order valence-corrected chi connectivity index (χ0v) is 18.7. The first-order chi connectivity index (χ1) is 15.0. The molecule has 31 heavy (non-hydrogen) atoms. The number of hydrogen-bond acceptors (Lipinski definition) is 5. The Hall–Kier alpha value is -2.77. The van der Waals surface area contributed by atoms with Gasteiger partial charge in [-0.2, -0.15) is 0 Å². The summed E-state index contributed by atoms with van der Waals surface area (Å²) in [6, 6.07) is 14.6. The first-order valence-electron chi connectivity index (χ1n) is 10.5. The predicted molar refractivity (Wildman–Crippen MR) is 125 cm³/mol. The Labute approximate surface area is 186 Å². The lowest BCUT2D eigenvalue weighted by atomic mass is 10.2. The van der Waals surface area contributed by atoms with E-state index in [9.17, 15) is 9.18 Å². The average molecular weight is 439 g/mol. The maximum absolute atomic E-state index is 13.3. The Morgan fingerprint density at radius 2 is 1.81 bits per heavy atom. The van der Waals surface area contributed by atoms with E-state index in [0.717, 1.165) is 44.8 Å². The summed E-state index contributed by atoms with van der Waals surface area (Å²) < 4.78 is 13.3. The van der Waals surface area contributed by atoms with Crippen LogP contribution < -0.4 is 9.80 Å². The predicted octanol–water partition coefficient (Wildman–Crippen LogP) is 4.99. The number of hydrogen-bond donors (Lipinski definition) is 0. The summed E-state index contributed by atoms with van der Waals surface area (Å²) in [7, 11) is 0. The second-order valence-corrected chi connectivity index (χ2v) is 8.74. The molecule has 1 amide bonds. The molecule has 0 aliphatic carbocycles. The first kappa shape index (κ1) is 21.5. The van der Waals surface area contributed by atoms with Gasteiger partial charge in [-0.1, -0.05) is 17.7 Å².